The van der Waals surface area contributed by atoms with Gasteiger partial charge in [-0.05, 0) is 49.7 Å². The van der Waals surface area contributed by atoms with Crippen LogP contribution in [-0.2, 0) is 14.3 Å². The molecule has 114 valence electrons. The molecule has 0 aromatic carbocycles. The average Bonchev–Trinajstić information content (AvgIpc) is 2.29. The molecule has 0 radical (unpaired) electrons. The van der Waals surface area contributed by atoms with Gasteiger partial charge in [0.1, 0.15) is 5.76 Å². The molecule has 0 saturated heterocycles. The molecule has 3 nitrogen and oxygen atoms in total. The van der Waals surface area contributed by atoms with Crippen molar-refractivity contribution in [2.75, 3.05) is 0 Å². The molecule has 0 amide bonds. The van der Waals surface area contributed by atoms with Crippen molar-refractivity contribution >= 4 is 10.1 Å². The Hall–Kier alpha value is -0.980. The van der Waals surface area contributed by atoms with Crippen molar-refractivity contribution in [1.29, 1.82) is 0 Å². The molecule has 1 atom stereocenters. The van der Waals surface area contributed by atoms with Crippen molar-refractivity contribution < 1.29 is 25.8 Å². The highest BCUT2D eigenvalue weighted by Crippen LogP contribution is 2.48. The van der Waals surface area contributed by atoms with Gasteiger partial charge in [0.05, 0.1) is 0 Å². The van der Waals surface area contributed by atoms with Gasteiger partial charge in [0, 0.05) is 6.42 Å². The Kier molecular flexibility index (Phi) is 3.69. The van der Waals surface area contributed by atoms with Crippen LogP contribution >= 0.6 is 0 Å². The van der Waals surface area contributed by atoms with Crippen molar-refractivity contribution in [2.45, 2.75) is 51.5 Å². The minimum atomic E-state index is -5.56. The van der Waals surface area contributed by atoms with Crippen molar-refractivity contribution in [3.63, 3.8) is 0 Å². The molecule has 2 aliphatic rings. The van der Waals surface area contributed by atoms with Crippen LogP contribution in [0, 0.1) is 5.41 Å². The summed E-state index contributed by atoms with van der Waals surface area (Å²) in [6, 6.07) is 0. The van der Waals surface area contributed by atoms with Gasteiger partial charge in [0.15, 0.2) is 0 Å². The lowest BCUT2D eigenvalue weighted by Gasteiger charge is -2.39. The summed E-state index contributed by atoms with van der Waals surface area (Å²) in [5.41, 5.74) is -3.42. The van der Waals surface area contributed by atoms with Gasteiger partial charge in [-0.25, -0.2) is 0 Å². The molecule has 0 aromatic heterocycles. The maximum atomic E-state index is 12.3. The lowest BCUT2D eigenvalue weighted by molar-refractivity contribution is -0.0524. The molecule has 0 spiro atoms. The summed E-state index contributed by atoms with van der Waals surface area (Å²) in [6.07, 6.45) is 5.22. The van der Waals surface area contributed by atoms with E-state index in [2.05, 4.69) is 11.1 Å². The molecule has 0 heterocycles. The van der Waals surface area contributed by atoms with Gasteiger partial charge in [0.25, 0.3) is 0 Å². The fraction of sp³-hybridized carbons (Fsp3) is 0.692. The molecule has 0 bridgehead atoms. The first-order valence-corrected chi connectivity index (χ1v) is 7.88. The number of hydrogen-bond acceptors (Lipinski definition) is 3. The van der Waals surface area contributed by atoms with E-state index in [0.717, 1.165) is 30.4 Å². The number of halogens is 3. The van der Waals surface area contributed by atoms with Gasteiger partial charge in [-0.1, -0.05) is 12.5 Å². The Morgan fingerprint density at radius 2 is 1.90 bits per heavy atom. The van der Waals surface area contributed by atoms with Crippen LogP contribution in [0.3, 0.4) is 0 Å². The Labute approximate surface area is 116 Å². The molecule has 2 rings (SSSR count). The molecule has 0 unspecified atom stereocenters. The number of hydrogen-bond donors (Lipinski definition) is 0. The third-order valence-corrected chi connectivity index (χ3v) is 5.12. The Morgan fingerprint density at radius 3 is 2.50 bits per heavy atom. The van der Waals surface area contributed by atoms with Crippen LogP contribution in [0.1, 0.15) is 46.0 Å². The summed E-state index contributed by atoms with van der Waals surface area (Å²) in [5.74, 6) is -0.115. The molecule has 0 N–H and O–H groups in total. The summed E-state index contributed by atoms with van der Waals surface area (Å²) in [7, 11) is -5.56. The first-order chi connectivity index (χ1) is 9.05. The third kappa shape index (κ3) is 2.73. The largest absolute Gasteiger partial charge is 0.534 e. The summed E-state index contributed by atoms with van der Waals surface area (Å²) in [6.45, 7) is 4.00. The Bertz CT molecular complexity index is 572. The highest BCUT2D eigenvalue weighted by atomic mass is 32.2. The van der Waals surface area contributed by atoms with E-state index in [0.29, 0.717) is 6.42 Å². The average molecular weight is 310 g/mol. The SMILES string of the molecule is CC1=C2C=C(OS(=O)(=O)C(F)(F)F)CC[C@@]2(C)CCC1. The number of alkyl halides is 3. The minimum absolute atomic E-state index is 0.0722. The summed E-state index contributed by atoms with van der Waals surface area (Å²) >= 11 is 0. The molecule has 0 fully saturated rings. The molecule has 0 saturated carbocycles. The molecule has 7 heteroatoms. The lowest BCUT2D eigenvalue weighted by atomic mass is 9.66. The van der Waals surface area contributed by atoms with Crippen molar-refractivity contribution in [3.05, 3.63) is 23.0 Å². The smallest absolute Gasteiger partial charge is 0.381 e. The quantitative estimate of drug-likeness (QED) is 0.571. The Morgan fingerprint density at radius 1 is 1.25 bits per heavy atom. The topological polar surface area (TPSA) is 43.4 Å². The summed E-state index contributed by atoms with van der Waals surface area (Å²) < 4.78 is 63.3. The minimum Gasteiger partial charge on any atom is -0.381 e. The maximum Gasteiger partial charge on any atom is 0.534 e. The van der Waals surface area contributed by atoms with Crippen LogP contribution in [0.5, 0.6) is 0 Å². The standard InChI is InChI=1S/C13H17F3O3S/c1-9-4-3-6-12(2)7-5-10(8-11(9)12)19-20(17,18)13(14,15)16/h8H,3-7H2,1-2H3/t12-/m1/s1. The van der Waals surface area contributed by atoms with Gasteiger partial charge < -0.3 is 4.18 Å². The molecule has 20 heavy (non-hydrogen) atoms. The highest BCUT2D eigenvalue weighted by molar-refractivity contribution is 7.87. The zero-order valence-corrected chi connectivity index (χ0v) is 12.2. The van der Waals surface area contributed by atoms with Crippen LogP contribution in [0.4, 0.5) is 13.2 Å². The molecular weight excluding hydrogens is 293 g/mol. The van der Waals surface area contributed by atoms with Gasteiger partial charge in [0.2, 0.25) is 0 Å². The molecule has 2 aliphatic carbocycles. The number of fused-ring (bicyclic) bond motifs is 1. The van der Waals surface area contributed by atoms with E-state index >= 15 is 0 Å². The maximum absolute atomic E-state index is 12.3. The second-order valence-corrected chi connectivity index (χ2v) is 7.24. The Balaban J connectivity index is 2.31. The molecule has 0 aromatic rings. The second kappa shape index (κ2) is 4.79. The first kappa shape index (κ1) is 15.4. The van der Waals surface area contributed by atoms with Crippen molar-refractivity contribution in [3.8, 4) is 0 Å². The molecule has 0 aliphatic heterocycles. The fourth-order valence-electron chi connectivity index (χ4n) is 2.97. The number of rotatable bonds is 2. The fourth-order valence-corrected chi connectivity index (χ4v) is 3.48. The van der Waals surface area contributed by atoms with Gasteiger partial charge >= 0.3 is 15.6 Å². The number of allylic oxidation sites excluding steroid dienone is 4. The first-order valence-electron chi connectivity index (χ1n) is 6.47. The van der Waals surface area contributed by atoms with Gasteiger partial charge in [-0.15, -0.1) is 0 Å². The van der Waals surface area contributed by atoms with Crippen LogP contribution in [0.15, 0.2) is 23.0 Å². The van der Waals surface area contributed by atoms with Crippen molar-refractivity contribution in [1.82, 2.24) is 0 Å². The van der Waals surface area contributed by atoms with E-state index in [1.807, 2.05) is 6.92 Å². The summed E-state index contributed by atoms with van der Waals surface area (Å²) in [4.78, 5) is 0. The van der Waals surface area contributed by atoms with E-state index in [-0.39, 0.29) is 17.6 Å². The van der Waals surface area contributed by atoms with E-state index in [9.17, 15) is 21.6 Å². The predicted octanol–water partition coefficient (Wildman–Crippen LogP) is 4.04. The second-order valence-electron chi connectivity index (χ2n) is 5.70. The van der Waals surface area contributed by atoms with E-state index in [1.165, 1.54) is 6.08 Å². The monoisotopic (exact) mass is 310 g/mol. The highest BCUT2D eigenvalue weighted by Gasteiger charge is 2.49. The van der Waals surface area contributed by atoms with Crippen LogP contribution in [0.25, 0.3) is 0 Å². The summed E-state index contributed by atoms with van der Waals surface area (Å²) in [5, 5.41) is 0. The van der Waals surface area contributed by atoms with Crippen LogP contribution < -0.4 is 0 Å². The van der Waals surface area contributed by atoms with Crippen LogP contribution in [0.2, 0.25) is 0 Å². The van der Waals surface area contributed by atoms with Crippen LogP contribution in [-0.4, -0.2) is 13.9 Å². The lowest BCUT2D eigenvalue weighted by Crippen LogP contribution is -2.29. The zero-order valence-electron chi connectivity index (χ0n) is 11.4. The van der Waals surface area contributed by atoms with E-state index in [1.54, 1.807) is 0 Å². The normalized spacial score (nSPS) is 27.9. The van der Waals surface area contributed by atoms with E-state index in [4.69, 9.17) is 0 Å². The third-order valence-electron chi connectivity index (χ3n) is 4.12. The predicted molar refractivity (Wildman–Crippen MR) is 68.0 cm³/mol. The zero-order chi connectivity index (χ0) is 15.2. The van der Waals surface area contributed by atoms with Gasteiger partial charge in [-0.2, -0.15) is 21.6 Å². The van der Waals surface area contributed by atoms with Crippen molar-refractivity contribution in [2.24, 2.45) is 5.41 Å². The molecular formula is C13H17F3O3S. The van der Waals surface area contributed by atoms with E-state index < -0.39 is 15.6 Å². The van der Waals surface area contributed by atoms with Gasteiger partial charge in [-0.3, -0.25) is 0 Å².